The Morgan fingerprint density at radius 3 is 2.24 bits per heavy atom. The summed E-state index contributed by atoms with van der Waals surface area (Å²) in [6.07, 6.45) is 0. The average molecular weight is 460 g/mol. The molecule has 1 heterocycles. The fourth-order valence-corrected chi connectivity index (χ4v) is 4.44. The number of amides is 2. The summed E-state index contributed by atoms with van der Waals surface area (Å²) in [6.45, 7) is 3.07. The highest BCUT2D eigenvalue weighted by atomic mass is 32.2. The minimum Gasteiger partial charge on any atom is -0.322 e. The smallest absolute Gasteiger partial charge is 0.264 e. The number of pyridine rings is 1. The molecule has 8 heteroatoms. The van der Waals surface area contributed by atoms with Gasteiger partial charge in [-0.15, -0.1) is 0 Å². The van der Waals surface area contributed by atoms with Gasteiger partial charge in [0.15, 0.2) is 0 Å². The van der Waals surface area contributed by atoms with Gasteiger partial charge in [-0.05, 0) is 49.4 Å². The fraction of sp³-hybridized carbons (Fsp3) is 0.0800. The van der Waals surface area contributed by atoms with Gasteiger partial charge >= 0.3 is 0 Å². The SMILES string of the molecule is CC(=O)NS(=O)(=O)c1ccc(NC(=O)c2cc(-c3ccccc3)nc3ccc(C)cc23)cc1. The van der Waals surface area contributed by atoms with Crippen LogP contribution in [0.4, 0.5) is 5.69 Å². The van der Waals surface area contributed by atoms with Gasteiger partial charge in [0.25, 0.3) is 15.9 Å². The lowest BCUT2D eigenvalue weighted by atomic mass is 10.0. The first-order valence-electron chi connectivity index (χ1n) is 10.1. The van der Waals surface area contributed by atoms with Gasteiger partial charge in [-0.25, -0.2) is 18.1 Å². The van der Waals surface area contributed by atoms with E-state index in [2.05, 4.69) is 5.32 Å². The van der Waals surface area contributed by atoms with Gasteiger partial charge < -0.3 is 5.32 Å². The van der Waals surface area contributed by atoms with E-state index in [9.17, 15) is 18.0 Å². The lowest BCUT2D eigenvalue weighted by Crippen LogP contribution is -2.28. The van der Waals surface area contributed by atoms with Crippen LogP contribution in [-0.4, -0.2) is 25.2 Å². The molecule has 1 aromatic heterocycles. The summed E-state index contributed by atoms with van der Waals surface area (Å²) in [5.74, 6) is -1.02. The number of sulfonamides is 1. The number of carbonyl (C=O) groups excluding carboxylic acids is 2. The van der Waals surface area contributed by atoms with Gasteiger partial charge in [-0.1, -0.05) is 42.0 Å². The highest BCUT2D eigenvalue weighted by Gasteiger charge is 2.17. The number of fused-ring (bicyclic) bond motifs is 1. The van der Waals surface area contributed by atoms with E-state index in [1.165, 1.54) is 24.3 Å². The Bertz CT molecular complexity index is 1470. The standard InChI is InChI=1S/C25H21N3O4S/c1-16-8-13-23-21(14-16)22(15-24(27-23)18-6-4-3-5-7-18)25(30)26-19-9-11-20(12-10-19)33(31,32)28-17(2)29/h3-15H,1-2H3,(H,26,30)(H,28,29). The molecule has 3 aromatic carbocycles. The van der Waals surface area contributed by atoms with Crippen molar-refractivity contribution >= 4 is 38.4 Å². The van der Waals surface area contributed by atoms with Crippen LogP contribution >= 0.6 is 0 Å². The minimum atomic E-state index is -3.95. The third-order valence-corrected chi connectivity index (χ3v) is 6.43. The zero-order valence-corrected chi connectivity index (χ0v) is 18.8. The number of hydrogen-bond acceptors (Lipinski definition) is 5. The summed E-state index contributed by atoms with van der Waals surface area (Å²) in [4.78, 5) is 29.0. The molecule has 33 heavy (non-hydrogen) atoms. The van der Waals surface area contributed by atoms with Crippen LogP contribution in [0.5, 0.6) is 0 Å². The number of nitrogens with zero attached hydrogens (tertiary/aromatic N) is 1. The van der Waals surface area contributed by atoms with Crippen molar-refractivity contribution in [3.63, 3.8) is 0 Å². The molecule has 2 N–H and O–H groups in total. The molecule has 166 valence electrons. The molecule has 0 aliphatic carbocycles. The molecule has 2 amide bonds. The van der Waals surface area contributed by atoms with Gasteiger partial charge in [0.1, 0.15) is 0 Å². The summed E-state index contributed by atoms with van der Waals surface area (Å²) in [5.41, 5.74) is 4.13. The predicted molar refractivity (Wildman–Crippen MR) is 127 cm³/mol. The summed E-state index contributed by atoms with van der Waals surface area (Å²) in [5, 5.41) is 3.54. The maximum Gasteiger partial charge on any atom is 0.264 e. The molecule has 0 bridgehead atoms. The van der Waals surface area contributed by atoms with E-state index in [0.29, 0.717) is 22.5 Å². The first-order valence-corrected chi connectivity index (χ1v) is 11.6. The van der Waals surface area contributed by atoms with Gasteiger partial charge in [0.2, 0.25) is 5.91 Å². The third kappa shape index (κ3) is 4.91. The highest BCUT2D eigenvalue weighted by molar-refractivity contribution is 7.90. The molecule has 0 saturated carbocycles. The van der Waals surface area contributed by atoms with Crippen molar-refractivity contribution in [3.05, 3.63) is 90.0 Å². The van der Waals surface area contributed by atoms with Crippen molar-refractivity contribution in [3.8, 4) is 11.3 Å². The Labute approximate surface area is 191 Å². The Balaban J connectivity index is 1.69. The molecule has 0 unspecified atom stereocenters. The van der Waals surface area contributed by atoms with Crippen LogP contribution in [0.2, 0.25) is 0 Å². The predicted octanol–water partition coefficient (Wildman–Crippen LogP) is 4.29. The summed E-state index contributed by atoms with van der Waals surface area (Å²) >= 11 is 0. The van der Waals surface area contributed by atoms with Crippen molar-refractivity contribution < 1.29 is 18.0 Å². The van der Waals surface area contributed by atoms with Crippen molar-refractivity contribution in [2.75, 3.05) is 5.32 Å². The lowest BCUT2D eigenvalue weighted by Gasteiger charge is -2.12. The number of aromatic nitrogens is 1. The molecule has 0 atom stereocenters. The van der Waals surface area contributed by atoms with Crippen LogP contribution in [0.15, 0.2) is 83.8 Å². The van der Waals surface area contributed by atoms with Gasteiger partial charge in [-0.3, -0.25) is 9.59 Å². The Hall–Kier alpha value is -4.04. The maximum absolute atomic E-state index is 13.2. The summed E-state index contributed by atoms with van der Waals surface area (Å²) in [7, 11) is -3.95. The Morgan fingerprint density at radius 1 is 0.879 bits per heavy atom. The molecule has 0 fully saturated rings. The molecule has 4 rings (SSSR count). The summed E-state index contributed by atoms with van der Waals surface area (Å²) < 4.78 is 26.2. The van der Waals surface area contributed by atoms with E-state index in [0.717, 1.165) is 23.4 Å². The zero-order valence-electron chi connectivity index (χ0n) is 18.0. The van der Waals surface area contributed by atoms with E-state index < -0.39 is 15.9 Å². The molecular weight excluding hydrogens is 438 g/mol. The number of aryl methyl sites for hydroxylation is 1. The zero-order chi connectivity index (χ0) is 23.6. The van der Waals surface area contributed by atoms with Crippen LogP contribution in [0, 0.1) is 6.92 Å². The number of benzene rings is 3. The molecule has 0 saturated heterocycles. The average Bonchev–Trinajstić information content (AvgIpc) is 2.78. The molecule has 0 aliphatic rings. The molecule has 4 aromatic rings. The number of hydrogen-bond donors (Lipinski definition) is 2. The second-order valence-corrected chi connectivity index (χ2v) is 9.26. The minimum absolute atomic E-state index is 0.0768. The van der Waals surface area contributed by atoms with Crippen molar-refractivity contribution in [2.24, 2.45) is 0 Å². The highest BCUT2D eigenvalue weighted by Crippen LogP contribution is 2.26. The topological polar surface area (TPSA) is 105 Å². The molecule has 0 aliphatic heterocycles. The normalized spacial score (nSPS) is 11.2. The van der Waals surface area contributed by atoms with Crippen LogP contribution in [0.3, 0.4) is 0 Å². The van der Waals surface area contributed by atoms with Crippen molar-refractivity contribution in [1.82, 2.24) is 9.71 Å². The van der Waals surface area contributed by atoms with Crippen LogP contribution < -0.4 is 10.0 Å². The van der Waals surface area contributed by atoms with Crippen molar-refractivity contribution in [2.45, 2.75) is 18.7 Å². The number of rotatable bonds is 5. The third-order valence-electron chi connectivity index (χ3n) is 4.98. The second-order valence-electron chi connectivity index (χ2n) is 7.58. The van der Waals surface area contributed by atoms with Crippen LogP contribution in [0.1, 0.15) is 22.8 Å². The van der Waals surface area contributed by atoms with Crippen LogP contribution in [-0.2, 0) is 14.8 Å². The van der Waals surface area contributed by atoms with Gasteiger partial charge in [0, 0.05) is 23.6 Å². The van der Waals surface area contributed by atoms with Crippen molar-refractivity contribution in [1.29, 1.82) is 0 Å². The Kier molecular flexibility index (Phi) is 5.93. The number of anilines is 1. The monoisotopic (exact) mass is 459 g/mol. The first-order chi connectivity index (χ1) is 15.7. The van der Waals surface area contributed by atoms with Gasteiger partial charge in [0.05, 0.1) is 21.7 Å². The lowest BCUT2D eigenvalue weighted by molar-refractivity contribution is -0.117. The van der Waals surface area contributed by atoms with E-state index in [-0.39, 0.29) is 10.8 Å². The molecule has 0 radical (unpaired) electrons. The molecule has 0 spiro atoms. The first kappa shape index (κ1) is 22.2. The maximum atomic E-state index is 13.2. The molecular formula is C25H21N3O4S. The second kappa shape index (κ2) is 8.84. The quantitative estimate of drug-likeness (QED) is 0.463. The van der Waals surface area contributed by atoms with E-state index in [1.54, 1.807) is 6.07 Å². The number of nitrogens with one attached hydrogen (secondary N) is 2. The Morgan fingerprint density at radius 2 is 1.58 bits per heavy atom. The largest absolute Gasteiger partial charge is 0.322 e. The van der Waals surface area contributed by atoms with E-state index in [1.807, 2.05) is 60.2 Å². The van der Waals surface area contributed by atoms with Gasteiger partial charge in [-0.2, -0.15) is 0 Å². The molecule has 7 nitrogen and oxygen atoms in total. The van der Waals surface area contributed by atoms with Crippen LogP contribution in [0.25, 0.3) is 22.2 Å². The number of carbonyl (C=O) groups is 2. The van der Waals surface area contributed by atoms with E-state index >= 15 is 0 Å². The summed E-state index contributed by atoms with van der Waals surface area (Å²) in [6, 6.07) is 22.7. The fourth-order valence-electron chi connectivity index (χ4n) is 3.45. The van der Waals surface area contributed by atoms with E-state index in [4.69, 9.17) is 4.98 Å².